The first-order valence-electron chi connectivity index (χ1n) is 4.69. The molecule has 0 aliphatic heterocycles. The van der Waals surface area contributed by atoms with Crippen LogP contribution in [0.5, 0.6) is 5.88 Å². The number of rotatable bonds is 4. The molecule has 0 saturated heterocycles. The summed E-state index contributed by atoms with van der Waals surface area (Å²) in [7, 11) is 0. The molecule has 4 heteroatoms. The highest BCUT2D eigenvalue weighted by Gasteiger charge is 2.04. The summed E-state index contributed by atoms with van der Waals surface area (Å²) in [5.74, 6) is 0.602. The molecule has 0 saturated carbocycles. The van der Waals surface area contributed by atoms with Gasteiger partial charge in [0.25, 0.3) is 0 Å². The Bertz CT molecular complexity index is 264. The standard InChI is InChI=1S/C10H15BrN2O/c1-7(2)14-10-6-12-5-9(13-10)4-8(3)11/h5-8H,4H2,1-3H3. The fourth-order valence-corrected chi connectivity index (χ4v) is 1.40. The number of alkyl halides is 1. The quantitative estimate of drug-likeness (QED) is 0.779. The van der Waals surface area contributed by atoms with Crippen LogP contribution < -0.4 is 4.74 Å². The van der Waals surface area contributed by atoms with Crippen molar-refractivity contribution < 1.29 is 4.74 Å². The van der Waals surface area contributed by atoms with Gasteiger partial charge >= 0.3 is 0 Å². The molecule has 0 aliphatic rings. The average molecular weight is 259 g/mol. The van der Waals surface area contributed by atoms with Gasteiger partial charge in [0.2, 0.25) is 5.88 Å². The second-order valence-electron chi connectivity index (χ2n) is 3.50. The Morgan fingerprint density at radius 2 is 2.07 bits per heavy atom. The summed E-state index contributed by atoms with van der Waals surface area (Å²) in [6.07, 6.45) is 4.41. The lowest BCUT2D eigenvalue weighted by Crippen LogP contribution is -2.09. The van der Waals surface area contributed by atoms with Crippen LogP contribution in [-0.2, 0) is 6.42 Å². The van der Waals surface area contributed by atoms with E-state index in [2.05, 4.69) is 32.8 Å². The van der Waals surface area contributed by atoms with Gasteiger partial charge in [-0.05, 0) is 13.8 Å². The zero-order valence-electron chi connectivity index (χ0n) is 8.70. The number of halogens is 1. The molecule has 0 radical (unpaired) electrons. The molecule has 78 valence electrons. The summed E-state index contributed by atoms with van der Waals surface area (Å²) >= 11 is 3.48. The summed E-state index contributed by atoms with van der Waals surface area (Å²) in [5.41, 5.74) is 0.951. The van der Waals surface area contributed by atoms with Crippen molar-refractivity contribution >= 4 is 15.9 Å². The maximum atomic E-state index is 5.45. The van der Waals surface area contributed by atoms with Gasteiger partial charge in [0.1, 0.15) is 0 Å². The molecular formula is C10H15BrN2O. The molecule has 3 nitrogen and oxygen atoms in total. The van der Waals surface area contributed by atoms with Crippen LogP contribution in [-0.4, -0.2) is 20.9 Å². The lowest BCUT2D eigenvalue weighted by Gasteiger charge is -2.09. The first kappa shape index (κ1) is 11.4. The minimum atomic E-state index is 0.140. The number of aromatic nitrogens is 2. The highest BCUT2D eigenvalue weighted by molar-refractivity contribution is 9.09. The van der Waals surface area contributed by atoms with Crippen LogP contribution in [0.3, 0.4) is 0 Å². The number of nitrogens with zero attached hydrogens (tertiary/aromatic N) is 2. The van der Waals surface area contributed by atoms with E-state index in [1.54, 1.807) is 12.4 Å². The van der Waals surface area contributed by atoms with E-state index >= 15 is 0 Å². The summed E-state index contributed by atoms with van der Waals surface area (Å²) in [4.78, 5) is 8.83. The summed E-state index contributed by atoms with van der Waals surface area (Å²) < 4.78 is 5.45. The number of hydrogen-bond donors (Lipinski definition) is 0. The van der Waals surface area contributed by atoms with Crippen molar-refractivity contribution in [2.45, 2.75) is 38.1 Å². The second-order valence-corrected chi connectivity index (χ2v) is 5.06. The summed E-state index contributed by atoms with van der Waals surface area (Å²) in [6, 6.07) is 0. The minimum Gasteiger partial charge on any atom is -0.474 e. The molecule has 1 unspecified atom stereocenters. The van der Waals surface area contributed by atoms with Crippen molar-refractivity contribution in [3.8, 4) is 5.88 Å². The van der Waals surface area contributed by atoms with Crippen molar-refractivity contribution in [1.82, 2.24) is 9.97 Å². The maximum Gasteiger partial charge on any atom is 0.232 e. The van der Waals surface area contributed by atoms with E-state index in [-0.39, 0.29) is 6.10 Å². The Kier molecular flexibility index (Phi) is 4.32. The Hall–Kier alpha value is -0.640. The van der Waals surface area contributed by atoms with Crippen LogP contribution in [0.25, 0.3) is 0 Å². The molecule has 0 bridgehead atoms. The van der Waals surface area contributed by atoms with E-state index in [0.29, 0.717) is 10.7 Å². The van der Waals surface area contributed by atoms with E-state index in [1.807, 2.05) is 13.8 Å². The molecule has 1 rings (SSSR count). The lowest BCUT2D eigenvalue weighted by molar-refractivity contribution is 0.231. The molecule has 1 aromatic heterocycles. The maximum absolute atomic E-state index is 5.45. The van der Waals surface area contributed by atoms with E-state index < -0.39 is 0 Å². The fraction of sp³-hybridized carbons (Fsp3) is 0.600. The van der Waals surface area contributed by atoms with Crippen molar-refractivity contribution in [2.75, 3.05) is 0 Å². The van der Waals surface area contributed by atoms with Gasteiger partial charge in [-0.2, -0.15) is 0 Å². The van der Waals surface area contributed by atoms with Crippen LogP contribution in [0, 0.1) is 0 Å². The Balaban J connectivity index is 2.68. The van der Waals surface area contributed by atoms with Crippen molar-refractivity contribution in [1.29, 1.82) is 0 Å². The van der Waals surface area contributed by atoms with Gasteiger partial charge in [0.05, 0.1) is 18.0 Å². The molecule has 0 aromatic carbocycles. The van der Waals surface area contributed by atoms with Gasteiger partial charge in [0.15, 0.2) is 0 Å². The number of hydrogen-bond acceptors (Lipinski definition) is 3. The first-order valence-corrected chi connectivity index (χ1v) is 5.61. The molecule has 1 aromatic rings. The highest BCUT2D eigenvalue weighted by Crippen LogP contribution is 2.11. The topological polar surface area (TPSA) is 35.0 Å². The molecular weight excluding hydrogens is 244 g/mol. The van der Waals surface area contributed by atoms with Crippen LogP contribution in [0.1, 0.15) is 26.5 Å². The summed E-state index contributed by atoms with van der Waals surface area (Å²) in [5, 5.41) is 0. The normalized spacial score (nSPS) is 12.9. The number of ether oxygens (including phenoxy) is 1. The lowest BCUT2D eigenvalue weighted by atomic mass is 10.3. The van der Waals surface area contributed by atoms with Crippen LogP contribution in [0.15, 0.2) is 12.4 Å². The average Bonchev–Trinajstić information content (AvgIpc) is 2.01. The monoisotopic (exact) mass is 258 g/mol. The van der Waals surface area contributed by atoms with Gasteiger partial charge in [0, 0.05) is 17.4 Å². The van der Waals surface area contributed by atoms with E-state index in [1.165, 1.54) is 0 Å². The third-order valence-electron chi connectivity index (χ3n) is 1.51. The van der Waals surface area contributed by atoms with E-state index in [0.717, 1.165) is 12.1 Å². The van der Waals surface area contributed by atoms with Crippen molar-refractivity contribution in [2.24, 2.45) is 0 Å². The van der Waals surface area contributed by atoms with Crippen molar-refractivity contribution in [3.63, 3.8) is 0 Å². The molecule has 0 spiro atoms. The third kappa shape index (κ3) is 4.05. The van der Waals surface area contributed by atoms with Crippen LogP contribution >= 0.6 is 15.9 Å². The van der Waals surface area contributed by atoms with Crippen molar-refractivity contribution in [3.05, 3.63) is 18.1 Å². The van der Waals surface area contributed by atoms with E-state index in [9.17, 15) is 0 Å². The molecule has 1 atom stereocenters. The highest BCUT2D eigenvalue weighted by atomic mass is 79.9. The van der Waals surface area contributed by atoms with Gasteiger partial charge < -0.3 is 4.74 Å². The predicted molar refractivity (Wildman–Crippen MR) is 59.9 cm³/mol. The van der Waals surface area contributed by atoms with Gasteiger partial charge in [-0.25, -0.2) is 4.98 Å². The molecule has 0 amide bonds. The predicted octanol–water partition coefficient (Wildman–Crippen LogP) is 2.59. The van der Waals surface area contributed by atoms with Gasteiger partial charge in [-0.1, -0.05) is 22.9 Å². The summed E-state index contributed by atoms with van der Waals surface area (Å²) in [6.45, 7) is 6.03. The fourth-order valence-electron chi connectivity index (χ4n) is 1.07. The largest absolute Gasteiger partial charge is 0.474 e. The SMILES string of the molecule is CC(Br)Cc1cncc(OC(C)C)n1. The first-order chi connectivity index (χ1) is 6.58. The zero-order chi connectivity index (χ0) is 10.6. The minimum absolute atomic E-state index is 0.140. The molecule has 0 fully saturated rings. The van der Waals surface area contributed by atoms with E-state index in [4.69, 9.17) is 4.74 Å². The smallest absolute Gasteiger partial charge is 0.232 e. The Morgan fingerprint density at radius 1 is 1.36 bits per heavy atom. The third-order valence-corrected chi connectivity index (χ3v) is 1.83. The molecule has 0 N–H and O–H groups in total. The molecule has 1 heterocycles. The molecule has 0 aliphatic carbocycles. The van der Waals surface area contributed by atoms with Gasteiger partial charge in [-0.3, -0.25) is 4.98 Å². The van der Waals surface area contributed by atoms with Gasteiger partial charge in [-0.15, -0.1) is 0 Å². The van der Waals surface area contributed by atoms with Crippen LogP contribution in [0.4, 0.5) is 0 Å². The Morgan fingerprint density at radius 3 is 2.64 bits per heavy atom. The molecule has 14 heavy (non-hydrogen) atoms. The second kappa shape index (κ2) is 5.29. The Labute approximate surface area is 93.0 Å². The zero-order valence-corrected chi connectivity index (χ0v) is 10.3. The van der Waals surface area contributed by atoms with Crippen LogP contribution in [0.2, 0.25) is 0 Å².